The molecule has 0 saturated heterocycles. The Kier molecular flexibility index (Phi) is 8.22. The van der Waals surface area contributed by atoms with Crippen molar-refractivity contribution in [3.8, 4) is 0 Å². The average molecular weight is 440 g/mol. The molecule has 0 radical (unpaired) electrons. The van der Waals surface area contributed by atoms with E-state index in [9.17, 15) is 9.59 Å². The van der Waals surface area contributed by atoms with Crippen molar-refractivity contribution in [3.63, 3.8) is 0 Å². The van der Waals surface area contributed by atoms with Crippen molar-refractivity contribution in [1.82, 2.24) is 5.32 Å². The molecule has 178 valence electrons. The number of rotatable bonds is 10. The van der Waals surface area contributed by atoms with Crippen molar-refractivity contribution in [2.45, 2.75) is 105 Å². The van der Waals surface area contributed by atoms with Crippen molar-refractivity contribution in [2.24, 2.45) is 22.7 Å². The van der Waals surface area contributed by atoms with Gasteiger partial charge in [0, 0.05) is 18.2 Å². The summed E-state index contributed by atoms with van der Waals surface area (Å²) in [5.74, 6) is 1.10. The van der Waals surface area contributed by atoms with Crippen molar-refractivity contribution in [1.29, 1.82) is 0 Å². The molecule has 4 atom stereocenters. The number of allylic oxidation sites excluding steroid dienone is 5. The van der Waals surface area contributed by atoms with E-state index < -0.39 is 0 Å². The minimum atomic E-state index is -0.0420. The van der Waals surface area contributed by atoms with Crippen LogP contribution in [0, 0.1) is 22.7 Å². The lowest BCUT2D eigenvalue weighted by atomic mass is 9.46. The van der Waals surface area contributed by atoms with E-state index in [-0.39, 0.29) is 22.4 Å². The molecule has 0 heterocycles. The largest absolute Gasteiger partial charge is 0.382 e. The summed E-state index contributed by atoms with van der Waals surface area (Å²) < 4.78 is 0. The average Bonchev–Trinajstić information content (AvgIpc) is 2.75. The second-order valence-corrected chi connectivity index (χ2v) is 11.2. The molecule has 0 aromatic heterocycles. The number of hydrogen-bond acceptors (Lipinski definition) is 3. The number of ketones is 2. The van der Waals surface area contributed by atoms with Gasteiger partial charge >= 0.3 is 0 Å². The van der Waals surface area contributed by atoms with Crippen molar-refractivity contribution in [2.75, 3.05) is 6.54 Å². The van der Waals surface area contributed by atoms with E-state index in [2.05, 4.69) is 46.0 Å². The van der Waals surface area contributed by atoms with Crippen LogP contribution in [0.1, 0.15) is 105 Å². The van der Waals surface area contributed by atoms with Gasteiger partial charge in [-0.05, 0) is 74.2 Å². The number of unbranched alkanes of at least 4 members (excludes halogenated alkanes) is 5. The SMILES string of the molecule is CCCCCCCCNC1=CC(=O)C=C(C[C@]2(C)[C@@H](C)CC[C@]3(C)C(C)=CCC[C@@H]23)C1=O. The van der Waals surface area contributed by atoms with E-state index >= 15 is 0 Å². The zero-order chi connectivity index (χ0) is 23.4. The van der Waals surface area contributed by atoms with Gasteiger partial charge in [0.25, 0.3) is 0 Å². The van der Waals surface area contributed by atoms with Gasteiger partial charge in [0.05, 0.1) is 5.70 Å². The van der Waals surface area contributed by atoms with Crippen LogP contribution in [0.4, 0.5) is 0 Å². The first-order valence-electron chi connectivity index (χ1n) is 13.1. The van der Waals surface area contributed by atoms with Crippen molar-refractivity contribution in [3.05, 3.63) is 35.1 Å². The smallest absolute Gasteiger partial charge is 0.205 e. The predicted octanol–water partition coefficient (Wildman–Crippen LogP) is 7.09. The summed E-state index contributed by atoms with van der Waals surface area (Å²) in [4.78, 5) is 25.8. The minimum absolute atomic E-state index is 0.0338. The lowest BCUT2D eigenvalue weighted by Crippen LogP contribution is -2.50. The first-order valence-corrected chi connectivity index (χ1v) is 13.1. The van der Waals surface area contributed by atoms with Gasteiger partial charge in [-0.15, -0.1) is 0 Å². The summed E-state index contributed by atoms with van der Waals surface area (Å²) in [5, 5.41) is 3.30. The van der Waals surface area contributed by atoms with Crippen LogP contribution in [-0.4, -0.2) is 18.1 Å². The van der Waals surface area contributed by atoms with E-state index in [1.807, 2.05) is 0 Å². The van der Waals surface area contributed by atoms with Crippen LogP contribution in [0.3, 0.4) is 0 Å². The number of carbonyl (C=O) groups excluding carboxylic acids is 2. The number of hydrogen-bond donors (Lipinski definition) is 1. The van der Waals surface area contributed by atoms with E-state index in [0.717, 1.165) is 19.4 Å². The van der Waals surface area contributed by atoms with Gasteiger partial charge in [0.15, 0.2) is 5.78 Å². The molecule has 1 saturated carbocycles. The van der Waals surface area contributed by atoms with Gasteiger partial charge in [-0.25, -0.2) is 0 Å². The van der Waals surface area contributed by atoms with Gasteiger partial charge in [-0.3, -0.25) is 9.59 Å². The van der Waals surface area contributed by atoms with Crippen LogP contribution in [0.15, 0.2) is 35.1 Å². The van der Waals surface area contributed by atoms with E-state index in [1.165, 1.54) is 63.0 Å². The maximum atomic E-state index is 13.3. The van der Waals surface area contributed by atoms with Crippen LogP contribution >= 0.6 is 0 Å². The molecular formula is C29H45NO2. The molecule has 32 heavy (non-hydrogen) atoms. The third kappa shape index (κ3) is 5.13. The maximum Gasteiger partial charge on any atom is 0.205 e. The molecule has 3 aliphatic carbocycles. The Morgan fingerprint density at radius 3 is 2.50 bits per heavy atom. The third-order valence-corrected chi connectivity index (χ3v) is 9.15. The van der Waals surface area contributed by atoms with E-state index in [0.29, 0.717) is 29.5 Å². The maximum absolute atomic E-state index is 13.3. The van der Waals surface area contributed by atoms with Gasteiger partial charge in [-0.1, -0.05) is 71.4 Å². The summed E-state index contributed by atoms with van der Waals surface area (Å²) >= 11 is 0. The molecule has 0 aromatic rings. The Balaban J connectivity index is 1.66. The first-order chi connectivity index (χ1) is 15.2. The highest BCUT2D eigenvalue weighted by Crippen LogP contribution is 2.62. The Bertz CT molecular complexity index is 804. The zero-order valence-corrected chi connectivity index (χ0v) is 21.2. The van der Waals surface area contributed by atoms with Gasteiger partial charge in [0.1, 0.15) is 0 Å². The Labute approximate surface area is 196 Å². The fraction of sp³-hybridized carbons (Fsp3) is 0.724. The molecule has 3 heteroatoms. The fourth-order valence-corrected chi connectivity index (χ4v) is 6.67. The molecule has 0 aromatic carbocycles. The van der Waals surface area contributed by atoms with Crippen LogP contribution < -0.4 is 5.32 Å². The summed E-state index contributed by atoms with van der Waals surface area (Å²) in [7, 11) is 0. The Morgan fingerprint density at radius 2 is 1.75 bits per heavy atom. The van der Waals surface area contributed by atoms with Gasteiger partial charge in [0.2, 0.25) is 5.78 Å². The number of fused-ring (bicyclic) bond motifs is 1. The highest BCUT2D eigenvalue weighted by molar-refractivity contribution is 6.20. The highest BCUT2D eigenvalue weighted by Gasteiger charge is 2.53. The number of nitrogens with one attached hydrogen (secondary N) is 1. The lowest BCUT2D eigenvalue weighted by molar-refractivity contribution is -0.116. The van der Waals surface area contributed by atoms with Crippen LogP contribution in [0.25, 0.3) is 0 Å². The quantitative estimate of drug-likeness (QED) is 0.224. The number of Topliss-reactive ketones (excluding diaryl/α,β-unsaturated/α-hetero) is 1. The first kappa shape index (κ1) is 25.0. The number of carbonyl (C=O) groups is 2. The summed E-state index contributed by atoms with van der Waals surface area (Å²) in [5.41, 5.74) is 3.00. The Hall–Kier alpha value is -1.64. The molecule has 0 amide bonds. The molecule has 1 N–H and O–H groups in total. The standard InChI is InChI=1S/C29H45NO2/c1-6-7-8-9-10-11-17-30-25-19-24(31)18-23(27(25)32)20-29(5)22(3)15-16-28(4)21(2)13-12-14-26(28)29/h13,18-19,22,26,30H,6-12,14-17,20H2,1-5H3/t22-,26+,28+,29+/m0/s1. The topological polar surface area (TPSA) is 46.2 Å². The van der Waals surface area contributed by atoms with Crippen molar-refractivity contribution < 1.29 is 9.59 Å². The van der Waals surface area contributed by atoms with E-state index in [4.69, 9.17) is 0 Å². The molecule has 0 spiro atoms. The molecule has 1 fully saturated rings. The molecule has 0 bridgehead atoms. The predicted molar refractivity (Wildman–Crippen MR) is 133 cm³/mol. The van der Waals surface area contributed by atoms with Gasteiger partial charge < -0.3 is 5.32 Å². The molecule has 0 unspecified atom stereocenters. The van der Waals surface area contributed by atoms with Crippen LogP contribution in [0.5, 0.6) is 0 Å². The fourth-order valence-electron chi connectivity index (χ4n) is 6.67. The summed E-state index contributed by atoms with van der Waals surface area (Å²) in [6, 6.07) is 0. The lowest BCUT2D eigenvalue weighted by Gasteiger charge is -2.58. The second kappa shape index (κ2) is 10.5. The molecule has 3 aliphatic rings. The highest BCUT2D eigenvalue weighted by atomic mass is 16.1. The van der Waals surface area contributed by atoms with Crippen LogP contribution in [0.2, 0.25) is 0 Å². The van der Waals surface area contributed by atoms with Crippen molar-refractivity contribution >= 4 is 11.6 Å². The Morgan fingerprint density at radius 1 is 1.03 bits per heavy atom. The third-order valence-electron chi connectivity index (χ3n) is 9.15. The molecular weight excluding hydrogens is 394 g/mol. The molecule has 3 rings (SSSR count). The summed E-state index contributed by atoms with van der Waals surface area (Å²) in [6.07, 6.45) is 18.3. The molecule has 0 aliphatic heterocycles. The minimum Gasteiger partial charge on any atom is -0.382 e. The van der Waals surface area contributed by atoms with Crippen LogP contribution in [-0.2, 0) is 9.59 Å². The molecule has 3 nitrogen and oxygen atoms in total. The second-order valence-electron chi connectivity index (χ2n) is 11.2. The summed E-state index contributed by atoms with van der Waals surface area (Å²) in [6.45, 7) is 12.5. The monoisotopic (exact) mass is 439 g/mol. The normalized spacial score (nSPS) is 32.7. The van der Waals surface area contributed by atoms with Gasteiger partial charge in [-0.2, -0.15) is 0 Å². The zero-order valence-electron chi connectivity index (χ0n) is 21.2. The van der Waals surface area contributed by atoms with E-state index in [1.54, 1.807) is 6.08 Å².